The second-order valence-corrected chi connectivity index (χ2v) is 4.74. The summed E-state index contributed by atoms with van der Waals surface area (Å²) in [5, 5.41) is 4.34. The largest absolute Gasteiger partial charge is 0.426 e. The highest BCUT2D eigenvalue weighted by Gasteiger charge is 2.09. The summed E-state index contributed by atoms with van der Waals surface area (Å²) in [7, 11) is 0. The maximum absolute atomic E-state index is 11.3. The minimum Gasteiger partial charge on any atom is -0.426 e. The van der Waals surface area contributed by atoms with E-state index >= 15 is 0 Å². The normalized spacial score (nSPS) is 10.8. The monoisotopic (exact) mass is 250 g/mol. The molecule has 0 amide bonds. The first kappa shape index (κ1) is 11.7. The van der Waals surface area contributed by atoms with E-state index in [1.807, 2.05) is 25.1 Å². The number of hydrogen-bond acceptors (Lipinski definition) is 2. The van der Waals surface area contributed by atoms with E-state index < -0.39 is 0 Å². The van der Waals surface area contributed by atoms with Crippen molar-refractivity contribution >= 4 is 27.5 Å². The number of carbonyl (C=O) groups excluding carboxylic acids is 1. The van der Waals surface area contributed by atoms with Gasteiger partial charge in [-0.05, 0) is 34.7 Å². The van der Waals surface area contributed by atoms with Crippen LogP contribution in [0.4, 0.5) is 0 Å². The van der Waals surface area contributed by atoms with Gasteiger partial charge in [0, 0.05) is 12.3 Å². The summed E-state index contributed by atoms with van der Waals surface area (Å²) in [6.07, 6.45) is 0. The Balaban J connectivity index is 2.45. The molecule has 94 valence electrons. The van der Waals surface area contributed by atoms with Gasteiger partial charge in [-0.25, -0.2) is 0 Å². The van der Waals surface area contributed by atoms with Crippen molar-refractivity contribution in [3.63, 3.8) is 0 Å². The van der Waals surface area contributed by atoms with Crippen molar-refractivity contribution in [3.8, 4) is 5.75 Å². The Labute approximate surface area is 111 Å². The van der Waals surface area contributed by atoms with Gasteiger partial charge in [-0.2, -0.15) is 0 Å². The van der Waals surface area contributed by atoms with Crippen LogP contribution in [-0.2, 0) is 4.79 Å². The number of carbonyl (C=O) groups is 1. The Morgan fingerprint density at radius 3 is 2.53 bits per heavy atom. The van der Waals surface area contributed by atoms with E-state index in [4.69, 9.17) is 4.74 Å². The molecule has 19 heavy (non-hydrogen) atoms. The van der Waals surface area contributed by atoms with Crippen molar-refractivity contribution in [2.75, 3.05) is 0 Å². The standard InChI is InChI=1S/C17H14O2/c1-11-9-14-8-7-13-5-3-4-6-15(13)17(14)16(10-11)19-12(2)18/h3-10H,1-2H3. The van der Waals surface area contributed by atoms with E-state index in [1.165, 1.54) is 6.92 Å². The molecule has 3 aromatic carbocycles. The van der Waals surface area contributed by atoms with E-state index in [9.17, 15) is 4.79 Å². The third-order valence-corrected chi connectivity index (χ3v) is 3.20. The number of hydrogen-bond donors (Lipinski definition) is 0. The average molecular weight is 250 g/mol. The molecule has 0 bridgehead atoms. The lowest BCUT2D eigenvalue weighted by atomic mass is 9.99. The Bertz CT molecular complexity index is 788. The van der Waals surface area contributed by atoms with E-state index in [2.05, 4.69) is 30.3 Å². The highest BCUT2D eigenvalue weighted by atomic mass is 16.5. The summed E-state index contributed by atoms with van der Waals surface area (Å²) in [6, 6.07) is 16.3. The molecule has 0 aromatic heterocycles. The summed E-state index contributed by atoms with van der Waals surface area (Å²) in [5.41, 5.74) is 1.08. The van der Waals surface area contributed by atoms with Gasteiger partial charge in [-0.3, -0.25) is 4.79 Å². The van der Waals surface area contributed by atoms with Crippen LogP contribution in [0.1, 0.15) is 12.5 Å². The van der Waals surface area contributed by atoms with Crippen LogP contribution in [0.3, 0.4) is 0 Å². The molecule has 0 saturated carbocycles. The Kier molecular flexibility index (Phi) is 2.71. The molecule has 0 aliphatic heterocycles. The van der Waals surface area contributed by atoms with Crippen LogP contribution in [-0.4, -0.2) is 5.97 Å². The van der Waals surface area contributed by atoms with Gasteiger partial charge in [-0.15, -0.1) is 0 Å². The summed E-state index contributed by atoms with van der Waals surface area (Å²) >= 11 is 0. The minimum absolute atomic E-state index is 0.292. The lowest BCUT2D eigenvalue weighted by molar-refractivity contribution is -0.131. The molecular formula is C17H14O2. The fourth-order valence-corrected chi connectivity index (χ4v) is 2.48. The summed E-state index contributed by atoms with van der Waals surface area (Å²) in [5.74, 6) is 0.346. The first-order valence-electron chi connectivity index (χ1n) is 6.26. The zero-order valence-electron chi connectivity index (χ0n) is 10.9. The van der Waals surface area contributed by atoms with Crippen molar-refractivity contribution in [1.29, 1.82) is 0 Å². The van der Waals surface area contributed by atoms with E-state index in [0.29, 0.717) is 5.75 Å². The third-order valence-electron chi connectivity index (χ3n) is 3.20. The molecule has 0 aliphatic carbocycles. The zero-order valence-corrected chi connectivity index (χ0v) is 10.9. The summed E-state index contributed by atoms with van der Waals surface area (Å²) in [6.45, 7) is 3.43. The number of aryl methyl sites for hydroxylation is 1. The Morgan fingerprint density at radius 1 is 1.00 bits per heavy atom. The summed E-state index contributed by atoms with van der Waals surface area (Å²) < 4.78 is 5.38. The van der Waals surface area contributed by atoms with Crippen LogP contribution in [0, 0.1) is 6.92 Å². The quantitative estimate of drug-likeness (QED) is 0.367. The first-order valence-corrected chi connectivity index (χ1v) is 6.26. The van der Waals surface area contributed by atoms with Crippen LogP contribution in [0.25, 0.3) is 21.5 Å². The molecule has 0 aliphatic rings. The Hall–Kier alpha value is -2.35. The SMILES string of the molecule is CC(=O)Oc1cc(C)cc2ccc3ccccc3c12. The lowest BCUT2D eigenvalue weighted by Crippen LogP contribution is -2.02. The zero-order chi connectivity index (χ0) is 13.4. The maximum Gasteiger partial charge on any atom is 0.308 e. The predicted octanol–water partition coefficient (Wildman–Crippen LogP) is 4.23. The average Bonchev–Trinajstić information content (AvgIpc) is 2.37. The van der Waals surface area contributed by atoms with Crippen molar-refractivity contribution in [3.05, 3.63) is 54.1 Å². The molecule has 2 heteroatoms. The molecule has 0 radical (unpaired) electrons. The molecule has 0 heterocycles. The van der Waals surface area contributed by atoms with Gasteiger partial charge in [0.05, 0.1) is 0 Å². The van der Waals surface area contributed by atoms with Crippen LogP contribution in [0.2, 0.25) is 0 Å². The molecule has 3 rings (SSSR count). The van der Waals surface area contributed by atoms with Crippen LogP contribution in [0.15, 0.2) is 48.5 Å². The number of fused-ring (bicyclic) bond motifs is 3. The highest BCUT2D eigenvalue weighted by Crippen LogP contribution is 2.34. The first-order chi connectivity index (χ1) is 9.15. The third kappa shape index (κ3) is 2.06. The molecule has 0 saturated heterocycles. The molecule has 2 nitrogen and oxygen atoms in total. The number of benzene rings is 3. The molecule has 0 N–H and O–H groups in total. The second-order valence-electron chi connectivity index (χ2n) is 4.74. The molecular weight excluding hydrogens is 236 g/mol. The second kappa shape index (κ2) is 4.39. The minimum atomic E-state index is -0.292. The topological polar surface area (TPSA) is 26.3 Å². The maximum atomic E-state index is 11.3. The van der Waals surface area contributed by atoms with Crippen molar-refractivity contribution in [1.82, 2.24) is 0 Å². The predicted molar refractivity (Wildman–Crippen MR) is 77.5 cm³/mol. The van der Waals surface area contributed by atoms with Gasteiger partial charge >= 0.3 is 5.97 Å². The van der Waals surface area contributed by atoms with Gasteiger partial charge in [0.25, 0.3) is 0 Å². The van der Waals surface area contributed by atoms with Crippen LogP contribution >= 0.6 is 0 Å². The molecule has 3 aromatic rings. The van der Waals surface area contributed by atoms with Crippen molar-refractivity contribution in [2.45, 2.75) is 13.8 Å². The van der Waals surface area contributed by atoms with Crippen molar-refractivity contribution in [2.24, 2.45) is 0 Å². The fraction of sp³-hybridized carbons (Fsp3) is 0.118. The molecule has 0 atom stereocenters. The van der Waals surface area contributed by atoms with Crippen LogP contribution < -0.4 is 4.74 Å². The molecule has 0 spiro atoms. The van der Waals surface area contributed by atoms with E-state index in [-0.39, 0.29) is 5.97 Å². The smallest absolute Gasteiger partial charge is 0.308 e. The molecule has 0 unspecified atom stereocenters. The fourth-order valence-electron chi connectivity index (χ4n) is 2.48. The number of esters is 1. The molecule has 0 fully saturated rings. The van der Waals surface area contributed by atoms with E-state index in [0.717, 1.165) is 27.1 Å². The van der Waals surface area contributed by atoms with Gasteiger partial charge in [0.1, 0.15) is 5.75 Å². The van der Waals surface area contributed by atoms with Crippen LogP contribution in [0.5, 0.6) is 5.75 Å². The lowest BCUT2D eigenvalue weighted by Gasteiger charge is -2.10. The van der Waals surface area contributed by atoms with Crippen molar-refractivity contribution < 1.29 is 9.53 Å². The van der Waals surface area contributed by atoms with Gasteiger partial charge in [0.15, 0.2) is 0 Å². The van der Waals surface area contributed by atoms with Gasteiger partial charge in [0.2, 0.25) is 0 Å². The van der Waals surface area contributed by atoms with Gasteiger partial charge in [-0.1, -0.05) is 42.5 Å². The highest BCUT2D eigenvalue weighted by molar-refractivity contribution is 6.11. The van der Waals surface area contributed by atoms with E-state index in [1.54, 1.807) is 0 Å². The number of ether oxygens (including phenoxy) is 1. The Morgan fingerprint density at radius 2 is 1.74 bits per heavy atom. The number of rotatable bonds is 1. The summed E-state index contributed by atoms with van der Waals surface area (Å²) in [4.78, 5) is 11.3. The van der Waals surface area contributed by atoms with Gasteiger partial charge < -0.3 is 4.74 Å².